The molecule has 0 spiro atoms. The Kier molecular flexibility index (Phi) is 5.76. The summed E-state index contributed by atoms with van der Waals surface area (Å²) in [5.74, 6) is -0.345. The third kappa shape index (κ3) is 5.88. The van der Waals surface area contributed by atoms with E-state index in [4.69, 9.17) is 10.5 Å². The first-order chi connectivity index (χ1) is 10.0. The number of nitrogens with two attached hydrogens (primary N) is 1. The lowest BCUT2D eigenvalue weighted by molar-refractivity contribution is -0.141. The van der Waals surface area contributed by atoms with Crippen LogP contribution in [0.4, 0.5) is 18.0 Å². The van der Waals surface area contributed by atoms with Crippen LogP contribution in [0.5, 0.6) is 0 Å². The Bertz CT molecular complexity index is 496. The lowest BCUT2D eigenvalue weighted by Gasteiger charge is -2.21. The van der Waals surface area contributed by atoms with E-state index in [-0.39, 0.29) is 19.0 Å². The molecule has 1 unspecified atom stereocenters. The number of amides is 1. The highest BCUT2D eigenvalue weighted by molar-refractivity contribution is 5.67. The molecule has 124 valence electrons. The summed E-state index contributed by atoms with van der Waals surface area (Å²) in [6, 6.07) is 2.20. The summed E-state index contributed by atoms with van der Waals surface area (Å²) in [4.78, 5) is 14.9. The summed E-state index contributed by atoms with van der Waals surface area (Å²) in [6.07, 6.45) is -3.96. The molecule has 1 aromatic heterocycles. The number of aromatic nitrogens is 1. The number of alkyl halides is 3. The number of halogens is 3. The number of pyridine rings is 1. The standard InChI is InChI=1S/C14H20F3N3O2/c1-13(2,3)22-12(21)20-8-10(6-18)9-4-5-11(19-7-9)14(15,16)17/h4-5,7,10H,6,8,18H2,1-3H3,(H,20,21). The number of nitrogens with zero attached hydrogens (tertiary/aromatic N) is 1. The topological polar surface area (TPSA) is 77.2 Å². The smallest absolute Gasteiger partial charge is 0.433 e. The molecule has 1 rings (SSSR count). The quantitative estimate of drug-likeness (QED) is 0.894. The van der Waals surface area contributed by atoms with Gasteiger partial charge >= 0.3 is 12.3 Å². The summed E-state index contributed by atoms with van der Waals surface area (Å²) in [5, 5.41) is 2.54. The summed E-state index contributed by atoms with van der Waals surface area (Å²) in [7, 11) is 0. The Labute approximate surface area is 127 Å². The fraction of sp³-hybridized carbons (Fsp3) is 0.571. The van der Waals surface area contributed by atoms with Crippen LogP contribution >= 0.6 is 0 Å². The van der Waals surface area contributed by atoms with E-state index < -0.39 is 23.6 Å². The number of ether oxygens (including phenoxy) is 1. The Hall–Kier alpha value is -1.83. The van der Waals surface area contributed by atoms with Crippen molar-refractivity contribution in [2.75, 3.05) is 13.1 Å². The first kappa shape index (κ1) is 18.2. The fourth-order valence-corrected chi connectivity index (χ4v) is 1.67. The normalized spacial score (nSPS) is 13.6. The van der Waals surface area contributed by atoms with Gasteiger partial charge in [0.1, 0.15) is 11.3 Å². The van der Waals surface area contributed by atoms with Crippen LogP contribution in [-0.4, -0.2) is 29.8 Å². The third-order valence-electron chi connectivity index (χ3n) is 2.72. The minimum atomic E-state index is -4.48. The van der Waals surface area contributed by atoms with Crippen LogP contribution in [0.1, 0.15) is 37.9 Å². The SMILES string of the molecule is CC(C)(C)OC(=O)NCC(CN)c1ccc(C(F)(F)F)nc1. The molecule has 0 aliphatic carbocycles. The zero-order chi connectivity index (χ0) is 17.0. The first-order valence-electron chi connectivity index (χ1n) is 6.73. The molecular weight excluding hydrogens is 299 g/mol. The summed E-state index contributed by atoms with van der Waals surface area (Å²) >= 11 is 0. The van der Waals surface area contributed by atoms with E-state index in [9.17, 15) is 18.0 Å². The van der Waals surface area contributed by atoms with Crippen LogP contribution in [0.25, 0.3) is 0 Å². The van der Waals surface area contributed by atoms with Crippen LogP contribution < -0.4 is 11.1 Å². The van der Waals surface area contributed by atoms with Gasteiger partial charge in [0.2, 0.25) is 0 Å². The fourth-order valence-electron chi connectivity index (χ4n) is 1.67. The van der Waals surface area contributed by atoms with Crippen molar-refractivity contribution in [1.82, 2.24) is 10.3 Å². The van der Waals surface area contributed by atoms with Crippen molar-refractivity contribution < 1.29 is 22.7 Å². The van der Waals surface area contributed by atoms with Crippen molar-refractivity contribution in [1.29, 1.82) is 0 Å². The van der Waals surface area contributed by atoms with Gasteiger partial charge in [0, 0.05) is 25.2 Å². The minimum Gasteiger partial charge on any atom is -0.444 e. The molecule has 0 aromatic carbocycles. The Morgan fingerprint density at radius 1 is 1.36 bits per heavy atom. The summed E-state index contributed by atoms with van der Waals surface area (Å²) in [5.41, 5.74) is 4.53. The highest BCUT2D eigenvalue weighted by Gasteiger charge is 2.32. The maximum atomic E-state index is 12.5. The van der Waals surface area contributed by atoms with E-state index in [0.717, 1.165) is 12.3 Å². The van der Waals surface area contributed by atoms with Crippen molar-refractivity contribution in [2.45, 2.75) is 38.5 Å². The van der Waals surface area contributed by atoms with Gasteiger partial charge in [0.25, 0.3) is 0 Å². The third-order valence-corrected chi connectivity index (χ3v) is 2.72. The maximum absolute atomic E-state index is 12.5. The first-order valence-corrected chi connectivity index (χ1v) is 6.73. The molecule has 5 nitrogen and oxygen atoms in total. The largest absolute Gasteiger partial charge is 0.444 e. The maximum Gasteiger partial charge on any atom is 0.433 e. The minimum absolute atomic E-state index is 0.151. The molecular formula is C14H20F3N3O2. The highest BCUT2D eigenvalue weighted by Crippen LogP contribution is 2.28. The Morgan fingerprint density at radius 3 is 2.41 bits per heavy atom. The zero-order valence-electron chi connectivity index (χ0n) is 12.7. The lowest BCUT2D eigenvalue weighted by Crippen LogP contribution is -2.36. The van der Waals surface area contributed by atoms with Crippen LogP contribution in [-0.2, 0) is 10.9 Å². The highest BCUT2D eigenvalue weighted by atomic mass is 19.4. The zero-order valence-corrected chi connectivity index (χ0v) is 12.7. The van der Waals surface area contributed by atoms with E-state index in [0.29, 0.717) is 5.56 Å². The van der Waals surface area contributed by atoms with E-state index >= 15 is 0 Å². The molecule has 22 heavy (non-hydrogen) atoms. The van der Waals surface area contributed by atoms with Gasteiger partial charge in [-0.05, 0) is 32.4 Å². The van der Waals surface area contributed by atoms with Crippen molar-refractivity contribution in [2.24, 2.45) is 5.73 Å². The van der Waals surface area contributed by atoms with E-state index in [1.54, 1.807) is 20.8 Å². The van der Waals surface area contributed by atoms with E-state index in [1.807, 2.05) is 0 Å². The van der Waals surface area contributed by atoms with Gasteiger partial charge in [-0.1, -0.05) is 6.07 Å². The Morgan fingerprint density at radius 2 is 2.00 bits per heavy atom. The second kappa shape index (κ2) is 6.95. The van der Waals surface area contributed by atoms with Crippen molar-refractivity contribution in [3.63, 3.8) is 0 Å². The second-order valence-corrected chi connectivity index (χ2v) is 5.79. The molecule has 0 aliphatic heterocycles. The average Bonchev–Trinajstić information content (AvgIpc) is 2.37. The second-order valence-electron chi connectivity index (χ2n) is 5.79. The van der Waals surface area contributed by atoms with Gasteiger partial charge in [-0.25, -0.2) is 4.79 Å². The monoisotopic (exact) mass is 319 g/mol. The van der Waals surface area contributed by atoms with Crippen LogP contribution in [0.3, 0.4) is 0 Å². The van der Waals surface area contributed by atoms with E-state index in [2.05, 4.69) is 10.3 Å². The van der Waals surface area contributed by atoms with Gasteiger partial charge in [0.05, 0.1) is 0 Å². The van der Waals surface area contributed by atoms with Crippen LogP contribution in [0.15, 0.2) is 18.3 Å². The molecule has 8 heteroatoms. The Balaban J connectivity index is 2.67. The van der Waals surface area contributed by atoms with Crippen molar-refractivity contribution >= 4 is 6.09 Å². The number of alkyl carbamates (subject to hydrolysis) is 1. The van der Waals surface area contributed by atoms with Gasteiger partial charge < -0.3 is 15.8 Å². The molecule has 1 atom stereocenters. The number of carbonyl (C=O) groups excluding carboxylic acids is 1. The van der Waals surface area contributed by atoms with Crippen molar-refractivity contribution in [3.8, 4) is 0 Å². The van der Waals surface area contributed by atoms with Gasteiger partial charge in [-0.3, -0.25) is 4.98 Å². The number of nitrogens with one attached hydrogen (secondary N) is 1. The molecule has 0 radical (unpaired) electrons. The number of rotatable bonds is 4. The van der Waals surface area contributed by atoms with Crippen molar-refractivity contribution in [3.05, 3.63) is 29.6 Å². The predicted molar refractivity (Wildman–Crippen MR) is 75.3 cm³/mol. The van der Waals surface area contributed by atoms with Crippen LogP contribution in [0, 0.1) is 0 Å². The molecule has 1 aromatic rings. The van der Waals surface area contributed by atoms with Gasteiger partial charge in [-0.2, -0.15) is 13.2 Å². The molecule has 0 fully saturated rings. The number of carbonyl (C=O) groups is 1. The number of hydrogen-bond donors (Lipinski definition) is 2. The molecule has 0 saturated carbocycles. The van der Waals surface area contributed by atoms with Gasteiger partial charge in [0.15, 0.2) is 0 Å². The summed E-state index contributed by atoms with van der Waals surface area (Å²) in [6.45, 7) is 5.49. The molecule has 0 saturated heterocycles. The molecule has 0 bridgehead atoms. The average molecular weight is 319 g/mol. The van der Waals surface area contributed by atoms with Crippen LogP contribution in [0.2, 0.25) is 0 Å². The molecule has 3 N–H and O–H groups in total. The summed E-state index contributed by atoms with van der Waals surface area (Å²) < 4.78 is 42.4. The van der Waals surface area contributed by atoms with E-state index in [1.165, 1.54) is 6.07 Å². The predicted octanol–water partition coefficient (Wildman–Crippen LogP) is 2.67. The number of hydrogen-bond acceptors (Lipinski definition) is 4. The molecule has 0 aliphatic rings. The van der Waals surface area contributed by atoms with Gasteiger partial charge in [-0.15, -0.1) is 0 Å². The molecule has 1 amide bonds. The molecule has 1 heterocycles. The lowest BCUT2D eigenvalue weighted by atomic mass is 10.0.